The summed E-state index contributed by atoms with van der Waals surface area (Å²) in [5, 5.41) is 0. The van der Waals surface area contributed by atoms with Gasteiger partial charge in [-0.2, -0.15) is 0 Å². The molecular weight excluding hydrogens is 142 g/mol. The Bertz CT molecular complexity index is 271. The van der Waals surface area contributed by atoms with Gasteiger partial charge < -0.3 is 4.74 Å². The van der Waals surface area contributed by atoms with E-state index in [0.717, 1.165) is 0 Å². The van der Waals surface area contributed by atoms with E-state index < -0.39 is 0 Å². The van der Waals surface area contributed by atoms with Crippen molar-refractivity contribution in [3.8, 4) is 5.88 Å². The zero-order valence-corrected chi connectivity index (χ0v) is 6.50. The number of ether oxygens (including phenoxy) is 1. The third kappa shape index (κ3) is 1.55. The fraction of sp³-hybridized carbons (Fsp3) is 0.250. The molecule has 0 atom stereocenters. The summed E-state index contributed by atoms with van der Waals surface area (Å²) in [4.78, 5) is 14.8. The van der Waals surface area contributed by atoms with Gasteiger partial charge in [0.25, 0.3) is 0 Å². The number of aromatic nitrogens is 1. The molecule has 0 unspecified atom stereocenters. The smallest absolute Gasteiger partial charge is 0.224 e. The molecule has 58 valence electrons. The summed E-state index contributed by atoms with van der Waals surface area (Å²) in [5.74, 6) is 0.356. The lowest BCUT2D eigenvalue weighted by atomic mass is 10.2. The van der Waals surface area contributed by atoms with Gasteiger partial charge in [0, 0.05) is 6.20 Å². The topological polar surface area (TPSA) is 39.2 Å². The minimum atomic E-state index is -0.0325. The first-order valence-electron chi connectivity index (χ1n) is 3.25. The van der Waals surface area contributed by atoms with Crippen molar-refractivity contribution in [1.82, 2.24) is 4.98 Å². The molecule has 1 aromatic heterocycles. The van der Waals surface area contributed by atoms with Crippen molar-refractivity contribution in [3.63, 3.8) is 0 Å². The molecule has 1 rings (SSSR count). The van der Waals surface area contributed by atoms with Gasteiger partial charge >= 0.3 is 0 Å². The number of carbonyl (C=O) groups excluding carboxylic acids is 1. The number of nitrogens with zero attached hydrogens (tertiary/aromatic N) is 1. The van der Waals surface area contributed by atoms with Crippen molar-refractivity contribution in [3.05, 3.63) is 23.9 Å². The molecule has 0 radical (unpaired) electrons. The van der Waals surface area contributed by atoms with Gasteiger partial charge in [0.1, 0.15) is 0 Å². The van der Waals surface area contributed by atoms with Gasteiger partial charge in [-0.15, -0.1) is 0 Å². The van der Waals surface area contributed by atoms with E-state index in [1.165, 1.54) is 14.0 Å². The average Bonchev–Trinajstić information content (AvgIpc) is 2.04. The number of pyridine rings is 1. The number of methoxy groups -OCH3 is 1. The van der Waals surface area contributed by atoms with Crippen LogP contribution in [0.1, 0.15) is 17.3 Å². The van der Waals surface area contributed by atoms with E-state index >= 15 is 0 Å². The van der Waals surface area contributed by atoms with Gasteiger partial charge in [-0.1, -0.05) is 0 Å². The van der Waals surface area contributed by atoms with Gasteiger partial charge in [-0.05, 0) is 19.1 Å². The van der Waals surface area contributed by atoms with Crippen LogP contribution in [0.2, 0.25) is 0 Å². The van der Waals surface area contributed by atoms with Crippen LogP contribution in [-0.2, 0) is 0 Å². The molecule has 1 heterocycles. The Balaban J connectivity index is 3.12. The van der Waals surface area contributed by atoms with E-state index in [1.807, 2.05) is 0 Å². The summed E-state index contributed by atoms with van der Waals surface area (Å²) in [6.07, 6.45) is 1.59. The fourth-order valence-electron chi connectivity index (χ4n) is 0.821. The fourth-order valence-corrected chi connectivity index (χ4v) is 0.821. The highest BCUT2D eigenvalue weighted by atomic mass is 16.5. The molecule has 3 heteroatoms. The molecule has 0 N–H and O–H groups in total. The molecule has 0 amide bonds. The third-order valence-corrected chi connectivity index (χ3v) is 1.34. The van der Waals surface area contributed by atoms with E-state index in [9.17, 15) is 4.79 Å². The van der Waals surface area contributed by atoms with Gasteiger partial charge in [0.15, 0.2) is 5.78 Å². The lowest BCUT2D eigenvalue weighted by molar-refractivity contribution is 0.101. The molecule has 0 saturated heterocycles. The minimum Gasteiger partial charge on any atom is -0.480 e. The predicted molar refractivity (Wildman–Crippen MR) is 40.8 cm³/mol. The first-order valence-corrected chi connectivity index (χ1v) is 3.25. The summed E-state index contributed by atoms with van der Waals surface area (Å²) < 4.78 is 4.87. The van der Waals surface area contributed by atoms with E-state index in [1.54, 1.807) is 18.3 Å². The van der Waals surface area contributed by atoms with Gasteiger partial charge in [0.2, 0.25) is 5.88 Å². The molecule has 0 spiro atoms. The lowest BCUT2D eigenvalue weighted by Gasteiger charge is -2.01. The van der Waals surface area contributed by atoms with Crippen LogP contribution in [-0.4, -0.2) is 17.9 Å². The number of rotatable bonds is 2. The Morgan fingerprint density at radius 3 is 2.82 bits per heavy atom. The number of hydrogen-bond donors (Lipinski definition) is 0. The zero-order chi connectivity index (χ0) is 8.27. The normalized spacial score (nSPS) is 9.27. The van der Waals surface area contributed by atoms with Gasteiger partial charge in [-0.3, -0.25) is 4.79 Å². The second-order valence-corrected chi connectivity index (χ2v) is 2.12. The van der Waals surface area contributed by atoms with E-state index in [0.29, 0.717) is 11.4 Å². The van der Waals surface area contributed by atoms with E-state index in [-0.39, 0.29) is 5.78 Å². The molecule has 1 aromatic rings. The maximum absolute atomic E-state index is 10.9. The van der Waals surface area contributed by atoms with Crippen molar-refractivity contribution in [2.75, 3.05) is 7.11 Å². The lowest BCUT2D eigenvalue weighted by Crippen LogP contribution is -1.98. The predicted octanol–water partition coefficient (Wildman–Crippen LogP) is 1.29. The van der Waals surface area contributed by atoms with Crippen molar-refractivity contribution in [1.29, 1.82) is 0 Å². The summed E-state index contributed by atoms with van der Waals surface area (Å²) in [5.41, 5.74) is 0.523. The summed E-state index contributed by atoms with van der Waals surface area (Å²) >= 11 is 0. The van der Waals surface area contributed by atoms with Crippen LogP contribution in [0.25, 0.3) is 0 Å². The molecule has 11 heavy (non-hydrogen) atoms. The van der Waals surface area contributed by atoms with Crippen molar-refractivity contribution in [2.45, 2.75) is 6.92 Å². The van der Waals surface area contributed by atoms with Crippen molar-refractivity contribution < 1.29 is 9.53 Å². The Hall–Kier alpha value is -1.38. The van der Waals surface area contributed by atoms with Crippen LogP contribution in [0.5, 0.6) is 5.88 Å². The maximum atomic E-state index is 10.9. The number of carbonyl (C=O) groups is 1. The third-order valence-electron chi connectivity index (χ3n) is 1.34. The number of hydrogen-bond acceptors (Lipinski definition) is 3. The molecule has 0 aliphatic carbocycles. The first-order chi connectivity index (χ1) is 5.25. The van der Waals surface area contributed by atoms with Crippen LogP contribution >= 0.6 is 0 Å². The highest BCUT2D eigenvalue weighted by molar-refractivity contribution is 5.96. The molecule has 0 fully saturated rings. The van der Waals surface area contributed by atoms with Crippen LogP contribution < -0.4 is 4.74 Å². The zero-order valence-electron chi connectivity index (χ0n) is 6.50. The second kappa shape index (κ2) is 3.14. The maximum Gasteiger partial charge on any atom is 0.224 e. The van der Waals surface area contributed by atoms with Crippen LogP contribution in [0.4, 0.5) is 0 Å². The number of Topliss-reactive ketones (excluding diaryl/α,β-unsaturated/α-hetero) is 1. The quantitative estimate of drug-likeness (QED) is 0.598. The largest absolute Gasteiger partial charge is 0.480 e. The molecule has 0 saturated carbocycles. The molecule has 0 aliphatic heterocycles. The minimum absolute atomic E-state index is 0.0325. The molecule has 0 aliphatic rings. The van der Waals surface area contributed by atoms with E-state index in [4.69, 9.17) is 4.74 Å². The Morgan fingerprint density at radius 2 is 2.36 bits per heavy atom. The van der Waals surface area contributed by atoms with Crippen LogP contribution in [0.15, 0.2) is 18.3 Å². The molecule has 0 aromatic carbocycles. The molecular formula is C8H9NO2. The van der Waals surface area contributed by atoms with Crippen LogP contribution in [0, 0.1) is 0 Å². The van der Waals surface area contributed by atoms with Gasteiger partial charge in [0.05, 0.1) is 12.7 Å². The molecule has 0 bridgehead atoms. The SMILES string of the molecule is COc1ncccc1C(C)=O. The summed E-state index contributed by atoms with van der Waals surface area (Å²) in [7, 11) is 1.49. The Kier molecular flexibility index (Phi) is 2.21. The first kappa shape index (κ1) is 7.72. The van der Waals surface area contributed by atoms with Crippen LogP contribution in [0.3, 0.4) is 0 Å². The monoisotopic (exact) mass is 151 g/mol. The highest BCUT2D eigenvalue weighted by Gasteiger charge is 2.06. The summed E-state index contributed by atoms with van der Waals surface area (Å²) in [6, 6.07) is 3.40. The van der Waals surface area contributed by atoms with E-state index in [2.05, 4.69) is 4.98 Å². The standard InChI is InChI=1S/C8H9NO2/c1-6(10)7-4-3-5-9-8(7)11-2/h3-5H,1-2H3. The highest BCUT2D eigenvalue weighted by Crippen LogP contribution is 2.13. The molecule has 3 nitrogen and oxygen atoms in total. The summed E-state index contributed by atoms with van der Waals surface area (Å²) in [6.45, 7) is 1.49. The second-order valence-electron chi connectivity index (χ2n) is 2.12. The number of ketones is 1. The van der Waals surface area contributed by atoms with Gasteiger partial charge in [-0.25, -0.2) is 4.98 Å². The van der Waals surface area contributed by atoms with Crippen molar-refractivity contribution in [2.24, 2.45) is 0 Å². The average molecular weight is 151 g/mol. The Labute approximate surface area is 65.0 Å². The Morgan fingerprint density at radius 1 is 1.64 bits per heavy atom. The van der Waals surface area contributed by atoms with Crippen molar-refractivity contribution >= 4 is 5.78 Å².